The fraction of sp³-hybridized carbons (Fsp3) is 0. The lowest BCUT2D eigenvalue weighted by atomic mass is 10.8. The van der Waals surface area contributed by atoms with Crippen LogP contribution in [0.15, 0.2) is 24.9 Å². The third-order valence-electron chi connectivity index (χ3n) is 1.69. The maximum Gasteiger partial charge on any atom is 0.237 e. The van der Waals surface area contributed by atoms with Crippen LogP contribution < -0.4 is 0 Å². The van der Waals surface area contributed by atoms with Crippen molar-refractivity contribution in [3.8, 4) is 0 Å². The topological polar surface area (TPSA) is 60.4 Å². The summed E-state index contributed by atoms with van der Waals surface area (Å²) in [7, 11) is 0. The molecule has 0 fully saturated rings. The van der Waals surface area contributed by atoms with E-state index < -0.39 is 0 Å². The maximum atomic E-state index is 4.10. The van der Waals surface area contributed by atoms with E-state index in [9.17, 15) is 0 Å². The Bertz CT molecular complexity index is 485. The molecule has 0 bridgehead atoms. The van der Waals surface area contributed by atoms with Crippen LogP contribution in [0.5, 0.6) is 0 Å². The summed E-state index contributed by atoms with van der Waals surface area (Å²) in [6.07, 6.45) is 6.71. The predicted octanol–water partition coefficient (Wildman–Crippen LogP) is -0.228. The number of aromatic nitrogens is 6. The van der Waals surface area contributed by atoms with Gasteiger partial charge in [0.15, 0.2) is 5.65 Å². The number of hydrogen-bond donors (Lipinski definition) is 0. The normalized spacial score (nSPS) is 11.3. The average molecular weight is 160 g/mol. The molecule has 0 N–H and O–H groups in total. The lowest BCUT2D eigenvalue weighted by molar-refractivity contribution is 0.891. The van der Waals surface area contributed by atoms with E-state index in [1.807, 2.05) is 0 Å². The molecular formula is C6H4N6. The van der Waals surface area contributed by atoms with E-state index in [0.717, 1.165) is 5.78 Å². The molecule has 0 aliphatic rings. The number of imidazole rings is 1. The van der Waals surface area contributed by atoms with Crippen molar-refractivity contribution in [1.82, 2.24) is 29.2 Å². The molecule has 58 valence electrons. The first-order chi connectivity index (χ1) is 5.95. The summed E-state index contributed by atoms with van der Waals surface area (Å²) in [5.74, 6) is 0.720. The third kappa shape index (κ3) is 0.541. The largest absolute Gasteiger partial charge is 0.248 e. The molecule has 0 aliphatic heterocycles. The number of fused-ring (bicyclic) bond motifs is 3. The van der Waals surface area contributed by atoms with E-state index in [1.165, 1.54) is 0 Å². The van der Waals surface area contributed by atoms with Gasteiger partial charge in [0.1, 0.15) is 6.33 Å². The molecule has 6 heteroatoms. The first-order valence-corrected chi connectivity index (χ1v) is 3.43. The van der Waals surface area contributed by atoms with Crippen LogP contribution in [-0.2, 0) is 0 Å². The summed E-state index contributed by atoms with van der Waals surface area (Å²) in [4.78, 5) is 4.10. The molecular weight excluding hydrogens is 156 g/mol. The molecule has 0 atom stereocenters. The summed E-state index contributed by atoms with van der Waals surface area (Å²) in [6, 6.07) is 0. The molecule has 3 heterocycles. The molecule has 0 saturated carbocycles. The summed E-state index contributed by atoms with van der Waals surface area (Å²) >= 11 is 0. The minimum Gasteiger partial charge on any atom is -0.248 e. The molecule has 3 aromatic heterocycles. The molecule has 0 aromatic carbocycles. The molecule has 0 radical (unpaired) electrons. The summed E-state index contributed by atoms with van der Waals surface area (Å²) in [6.45, 7) is 0. The van der Waals surface area contributed by atoms with E-state index >= 15 is 0 Å². The Morgan fingerprint density at radius 2 is 2.33 bits per heavy atom. The van der Waals surface area contributed by atoms with Gasteiger partial charge in [-0.25, -0.2) is 13.9 Å². The van der Waals surface area contributed by atoms with E-state index in [-0.39, 0.29) is 0 Å². The Morgan fingerprint density at radius 3 is 3.33 bits per heavy atom. The molecule has 0 unspecified atom stereocenters. The summed E-state index contributed by atoms with van der Waals surface area (Å²) in [5.41, 5.74) is 0.703. The maximum absolute atomic E-state index is 4.10. The molecule has 0 saturated heterocycles. The highest BCUT2D eigenvalue weighted by atomic mass is 15.3. The van der Waals surface area contributed by atoms with Crippen molar-refractivity contribution in [2.45, 2.75) is 0 Å². The Morgan fingerprint density at radius 1 is 1.33 bits per heavy atom. The second-order valence-corrected chi connectivity index (χ2v) is 2.38. The fourth-order valence-corrected chi connectivity index (χ4v) is 1.15. The van der Waals surface area contributed by atoms with Crippen LogP contribution in [0, 0.1) is 0 Å². The van der Waals surface area contributed by atoms with Crippen molar-refractivity contribution >= 4 is 11.4 Å². The fourth-order valence-electron chi connectivity index (χ4n) is 1.15. The highest BCUT2D eigenvalue weighted by Gasteiger charge is 2.01. The van der Waals surface area contributed by atoms with Crippen LogP contribution in [0.25, 0.3) is 11.4 Å². The van der Waals surface area contributed by atoms with Crippen LogP contribution in [0.2, 0.25) is 0 Å². The monoisotopic (exact) mass is 160 g/mol. The van der Waals surface area contributed by atoms with Crippen LogP contribution in [0.3, 0.4) is 0 Å². The molecule has 12 heavy (non-hydrogen) atoms. The van der Waals surface area contributed by atoms with Crippen molar-refractivity contribution in [3.05, 3.63) is 24.9 Å². The van der Waals surface area contributed by atoms with E-state index in [1.54, 1.807) is 33.8 Å². The van der Waals surface area contributed by atoms with Gasteiger partial charge in [-0.2, -0.15) is 5.10 Å². The molecule has 3 rings (SSSR count). The van der Waals surface area contributed by atoms with E-state index in [0.29, 0.717) is 5.65 Å². The van der Waals surface area contributed by atoms with Gasteiger partial charge >= 0.3 is 0 Å². The lowest BCUT2D eigenvalue weighted by Crippen LogP contribution is -1.96. The van der Waals surface area contributed by atoms with Crippen molar-refractivity contribution in [1.29, 1.82) is 0 Å². The molecule has 0 aliphatic carbocycles. The van der Waals surface area contributed by atoms with Crippen molar-refractivity contribution in [2.75, 3.05) is 0 Å². The van der Waals surface area contributed by atoms with Gasteiger partial charge in [0.25, 0.3) is 0 Å². The van der Waals surface area contributed by atoms with E-state index in [2.05, 4.69) is 20.3 Å². The van der Waals surface area contributed by atoms with Gasteiger partial charge in [0.2, 0.25) is 5.78 Å². The van der Waals surface area contributed by atoms with Crippen molar-refractivity contribution in [2.24, 2.45) is 0 Å². The summed E-state index contributed by atoms with van der Waals surface area (Å²) < 4.78 is 3.43. The third-order valence-corrected chi connectivity index (χ3v) is 1.69. The minimum absolute atomic E-state index is 0.703. The highest BCUT2D eigenvalue weighted by molar-refractivity contribution is 5.42. The molecule has 0 spiro atoms. The van der Waals surface area contributed by atoms with Crippen molar-refractivity contribution in [3.63, 3.8) is 0 Å². The SMILES string of the molecule is c1cn2ncc3nncn3c2n1. The molecule has 0 amide bonds. The predicted molar refractivity (Wildman–Crippen MR) is 39.5 cm³/mol. The van der Waals surface area contributed by atoms with Gasteiger partial charge in [0, 0.05) is 6.20 Å². The lowest BCUT2D eigenvalue weighted by Gasteiger charge is -1.92. The quantitative estimate of drug-likeness (QED) is 0.456. The van der Waals surface area contributed by atoms with Gasteiger partial charge in [-0.05, 0) is 0 Å². The first-order valence-electron chi connectivity index (χ1n) is 3.43. The highest BCUT2D eigenvalue weighted by Crippen LogP contribution is 2.00. The van der Waals surface area contributed by atoms with Crippen LogP contribution in [0.4, 0.5) is 0 Å². The molecule has 6 nitrogen and oxygen atoms in total. The number of hydrogen-bond acceptors (Lipinski definition) is 4. The van der Waals surface area contributed by atoms with Gasteiger partial charge in [-0.1, -0.05) is 0 Å². The Balaban J connectivity index is 2.71. The standard InChI is InChI=1S/C6H4N6/c1-2-12-6(7-1)11-4-8-10-5(11)3-9-12/h1-4H. The zero-order chi connectivity index (χ0) is 7.97. The van der Waals surface area contributed by atoms with Crippen LogP contribution >= 0.6 is 0 Å². The number of rotatable bonds is 0. The second-order valence-electron chi connectivity index (χ2n) is 2.38. The van der Waals surface area contributed by atoms with Crippen LogP contribution in [0.1, 0.15) is 0 Å². The zero-order valence-corrected chi connectivity index (χ0v) is 5.99. The second kappa shape index (κ2) is 1.79. The zero-order valence-electron chi connectivity index (χ0n) is 5.99. The molecule has 3 aromatic rings. The van der Waals surface area contributed by atoms with Crippen molar-refractivity contribution < 1.29 is 0 Å². The number of nitrogens with zero attached hydrogens (tertiary/aromatic N) is 6. The Kier molecular flexibility index (Phi) is 0.840. The van der Waals surface area contributed by atoms with Crippen LogP contribution in [-0.4, -0.2) is 29.2 Å². The van der Waals surface area contributed by atoms with Gasteiger partial charge in [0.05, 0.1) is 12.4 Å². The Hall–Kier alpha value is -1.98. The Labute approximate surface area is 66.5 Å². The van der Waals surface area contributed by atoms with E-state index in [4.69, 9.17) is 0 Å². The average Bonchev–Trinajstić information content (AvgIpc) is 2.71. The first kappa shape index (κ1) is 5.64. The van der Waals surface area contributed by atoms with Gasteiger partial charge < -0.3 is 0 Å². The van der Waals surface area contributed by atoms with Gasteiger partial charge in [-0.3, -0.25) is 0 Å². The smallest absolute Gasteiger partial charge is 0.237 e. The summed E-state index contributed by atoms with van der Waals surface area (Å²) in [5, 5.41) is 11.7. The minimum atomic E-state index is 0.703. The van der Waals surface area contributed by atoms with Gasteiger partial charge in [-0.15, -0.1) is 10.2 Å².